The number of hydrogen-bond donors (Lipinski definition) is 1. The molecule has 1 aliphatic rings. The SMILES string of the molecule is CN1C(=O)CCC(NC(=O)c2ccc(F)nc2)C1=O. The average Bonchev–Trinajstić information content (AvgIpc) is 2.40. The summed E-state index contributed by atoms with van der Waals surface area (Å²) in [5.74, 6) is -1.91. The lowest BCUT2D eigenvalue weighted by atomic mass is 10.0. The van der Waals surface area contributed by atoms with Gasteiger partial charge in [0.25, 0.3) is 11.8 Å². The minimum atomic E-state index is -0.736. The topological polar surface area (TPSA) is 79.4 Å². The highest BCUT2D eigenvalue weighted by atomic mass is 19.1. The minimum absolute atomic E-state index is 0.161. The van der Waals surface area contributed by atoms with Crippen LogP contribution in [0.1, 0.15) is 23.2 Å². The van der Waals surface area contributed by atoms with E-state index in [-0.39, 0.29) is 24.3 Å². The number of likely N-dealkylation sites (tertiary alicyclic amines) is 1. The van der Waals surface area contributed by atoms with Crippen LogP contribution in [0.4, 0.5) is 4.39 Å². The third-order valence-corrected chi connectivity index (χ3v) is 2.94. The van der Waals surface area contributed by atoms with E-state index in [1.165, 1.54) is 13.1 Å². The fourth-order valence-electron chi connectivity index (χ4n) is 1.80. The number of piperidine rings is 1. The number of nitrogens with zero attached hydrogens (tertiary/aromatic N) is 2. The first kappa shape index (κ1) is 13.1. The van der Waals surface area contributed by atoms with Crippen LogP contribution in [-0.4, -0.2) is 40.7 Å². The maximum absolute atomic E-state index is 12.6. The number of aromatic nitrogens is 1. The molecule has 1 N–H and O–H groups in total. The zero-order valence-corrected chi connectivity index (χ0v) is 10.2. The Morgan fingerprint density at radius 1 is 1.47 bits per heavy atom. The van der Waals surface area contributed by atoms with Gasteiger partial charge >= 0.3 is 0 Å². The summed E-state index contributed by atoms with van der Waals surface area (Å²) >= 11 is 0. The molecule has 1 aliphatic heterocycles. The van der Waals surface area contributed by atoms with Crippen molar-refractivity contribution >= 4 is 17.7 Å². The van der Waals surface area contributed by atoms with Crippen molar-refractivity contribution in [1.82, 2.24) is 15.2 Å². The molecule has 2 rings (SSSR count). The second kappa shape index (κ2) is 5.13. The molecule has 1 unspecified atom stereocenters. The fourth-order valence-corrected chi connectivity index (χ4v) is 1.80. The number of amides is 3. The summed E-state index contributed by atoms with van der Waals surface area (Å²) < 4.78 is 12.6. The Balaban J connectivity index is 2.05. The van der Waals surface area contributed by atoms with Gasteiger partial charge < -0.3 is 5.32 Å². The van der Waals surface area contributed by atoms with Gasteiger partial charge in [-0.3, -0.25) is 19.3 Å². The van der Waals surface area contributed by atoms with Crippen LogP contribution in [0.3, 0.4) is 0 Å². The molecule has 1 aromatic heterocycles. The van der Waals surface area contributed by atoms with Gasteiger partial charge in [-0.2, -0.15) is 4.39 Å². The zero-order chi connectivity index (χ0) is 14.0. The largest absolute Gasteiger partial charge is 0.340 e. The summed E-state index contributed by atoms with van der Waals surface area (Å²) in [6.07, 6.45) is 1.56. The Hall–Kier alpha value is -2.31. The lowest BCUT2D eigenvalue weighted by Gasteiger charge is -2.28. The van der Waals surface area contributed by atoms with E-state index in [9.17, 15) is 18.8 Å². The Kier molecular flexibility index (Phi) is 3.55. The van der Waals surface area contributed by atoms with Crippen LogP contribution >= 0.6 is 0 Å². The lowest BCUT2D eigenvalue weighted by molar-refractivity contribution is -0.147. The molecule has 1 aromatic rings. The third kappa shape index (κ3) is 2.75. The number of rotatable bonds is 2. The summed E-state index contributed by atoms with van der Waals surface area (Å²) in [5, 5.41) is 2.51. The van der Waals surface area contributed by atoms with Crippen LogP contribution in [0, 0.1) is 5.95 Å². The summed E-state index contributed by atoms with van der Waals surface area (Å²) in [6.45, 7) is 0. The van der Waals surface area contributed by atoms with Gasteiger partial charge in [0, 0.05) is 19.7 Å². The number of imide groups is 1. The Morgan fingerprint density at radius 2 is 2.21 bits per heavy atom. The Morgan fingerprint density at radius 3 is 2.84 bits per heavy atom. The van der Waals surface area contributed by atoms with Crippen LogP contribution in [0.5, 0.6) is 0 Å². The summed E-state index contributed by atoms with van der Waals surface area (Å²) in [7, 11) is 1.38. The van der Waals surface area contributed by atoms with Crippen molar-refractivity contribution in [2.45, 2.75) is 18.9 Å². The first-order chi connectivity index (χ1) is 8.99. The Labute approximate surface area is 108 Å². The van der Waals surface area contributed by atoms with Crippen molar-refractivity contribution < 1.29 is 18.8 Å². The lowest BCUT2D eigenvalue weighted by Crippen LogP contribution is -2.52. The van der Waals surface area contributed by atoms with Crippen LogP contribution in [-0.2, 0) is 9.59 Å². The second-order valence-corrected chi connectivity index (χ2v) is 4.23. The van der Waals surface area contributed by atoms with E-state index in [0.717, 1.165) is 17.2 Å². The van der Waals surface area contributed by atoms with Crippen molar-refractivity contribution in [3.8, 4) is 0 Å². The monoisotopic (exact) mass is 265 g/mol. The molecule has 0 aliphatic carbocycles. The number of carbonyl (C=O) groups excluding carboxylic acids is 3. The molecule has 19 heavy (non-hydrogen) atoms. The standard InChI is InChI=1S/C12H12FN3O3/c1-16-10(17)5-3-8(12(16)19)15-11(18)7-2-4-9(13)14-6-7/h2,4,6,8H,3,5H2,1H3,(H,15,18). The number of hydrogen-bond acceptors (Lipinski definition) is 4. The van der Waals surface area contributed by atoms with E-state index in [2.05, 4.69) is 10.3 Å². The van der Waals surface area contributed by atoms with Crippen molar-refractivity contribution in [1.29, 1.82) is 0 Å². The smallest absolute Gasteiger partial charge is 0.253 e. The number of pyridine rings is 1. The predicted octanol–water partition coefficient (Wildman–Crippen LogP) is 0.0979. The minimum Gasteiger partial charge on any atom is -0.340 e. The normalized spacial score (nSPS) is 19.5. The molecule has 0 radical (unpaired) electrons. The van der Waals surface area contributed by atoms with Crippen molar-refractivity contribution in [3.05, 3.63) is 29.8 Å². The molecule has 7 heteroatoms. The highest BCUT2D eigenvalue weighted by molar-refractivity contribution is 6.03. The maximum Gasteiger partial charge on any atom is 0.253 e. The van der Waals surface area contributed by atoms with Gasteiger partial charge in [-0.05, 0) is 18.6 Å². The van der Waals surface area contributed by atoms with Crippen LogP contribution in [0.25, 0.3) is 0 Å². The highest BCUT2D eigenvalue weighted by Crippen LogP contribution is 2.12. The molecule has 100 valence electrons. The molecule has 1 fully saturated rings. The molecular weight excluding hydrogens is 253 g/mol. The first-order valence-corrected chi connectivity index (χ1v) is 5.72. The van der Waals surface area contributed by atoms with Gasteiger partial charge in [0.15, 0.2) is 0 Å². The summed E-state index contributed by atoms with van der Waals surface area (Å²) in [5.41, 5.74) is 0.161. The molecule has 0 spiro atoms. The van der Waals surface area contributed by atoms with Crippen molar-refractivity contribution in [3.63, 3.8) is 0 Å². The van der Waals surface area contributed by atoms with Gasteiger partial charge in [-0.15, -0.1) is 0 Å². The molecule has 6 nitrogen and oxygen atoms in total. The zero-order valence-electron chi connectivity index (χ0n) is 10.2. The Bertz CT molecular complexity index is 530. The van der Waals surface area contributed by atoms with E-state index in [1.807, 2.05) is 0 Å². The molecular formula is C12H12FN3O3. The molecule has 1 saturated heterocycles. The molecule has 0 bridgehead atoms. The summed E-state index contributed by atoms with van der Waals surface area (Å²) in [4.78, 5) is 39.2. The highest BCUT2D eigenvalue weighted by Gasteiger charge is 2.32. The van der Waals surface area contributed by atoms with E-state index in [4.69, 9.17) is 0 Å². The van der Waals surface area contributed by atoms with E-state index >= 15 is 0 Å². The fraction of sp³-hybridized carbons (Fsp3) is 0.333. The number of carbonyl (C=O) groups is 3. The van der Waals surface area contributed by atoms with Crippen molar-refractivity contribution in [2.75, 3.05) is 7.05 Å². The maximum atomic E-state index is 12.6. The number of nitrogens with one attached hydrogen (secondary N) is 1. The van der Waals surface area contributed by atoms with Crippen LogP contribution in [0.15, 0.2) is 18.3 Å². The van der Waals surface area contributed by atoms with Crippen molar-refractivity contribution in [2.24, 2.45) is 0 Å². The van der Waals surface area contributed by atoms with Gasteiger partial charge in [0.05, 0.1) is 5.56 Å². The number of halogens is 1. The average molecular weight is 265 g/mol. The molecule has 2 heterocycles. The van der Waals surface area contributed by atoms with E-state index in [1.54, 1.807) is 0 Å². The predicted molar refractivity (Wildman–Crippen MR) is 62.5 cm³/mol. The van der Waals surface area contributed by atoms with Crippen LogP contribution < -0.4 is 5.32 Å². The quantitative estimate of drug-likeness (QED) is 0.607. The van der Waals surface area contributed by atoms with Gasteiger partial charge in [-0.1, -0.05) is 0 Å². The molecule has 3 amide bonds. The molecule has 1 atom stereocenters. The first-order valence-electron chi connectivity index (χ1n) is 5.72. The van der Waals surface area contributed by atoms with E-state index in [0.29, 0.717) is 0 Å². The summed E-state index contributed by atoms with van der Waals surface area (Å²) in [6, 6.07) is 1.60. The van der Waals surface area contributed by atoms with Gasteiger partial charge in [0.1, 0.15) is 6.04 Å². The van der Waals surface area contributed by atoms with Crippen LogP contribution in [0.2, 0.25) is 0 Å². The van der Waals surface area contributed by atoms with Gasteiger partial charge in [0.2, 0.25) is 11.9 Å². The molecule has 0 saturated carbocycles. The van der Waals surface area contributed by atoms with E-state index < -0.39 is 23.8 Å². The van der Waals surface area contributed by atoms with Gasteiger partial charge in [-0.25, -0.2) is 4.98 Å². The number of likely N-dealkylation sites (N-methyl/N-ethyl adjacent to an activating group) is 1. The molecule has 0 aromatic carbocycles. The second-order valence-electron chi connectivity index (χ2n) is 4.23. The third-order valence-electron chi connectivity index (χ3n) is 2.94.